The van der Waals surface area contributed by atoms with Gasteiger partial charge in [-0.2, -0.15) is 0 Å². The number of nitrogens with one attached hydrogen (secondary N) is 2. The van der Waals surface area contributed by atoms with Crippen molar-refractivity contribution in [2.24, 2.45) is 4.99 Å². The van der Waals surface area contributed by atoms with Crippen LogP contribution < -0.4 is 10.6 Å². The molecule has 1 heterocycles. The summed E-state index contributed by atoms with van der Waals surface area (Å²) in [4.78, 5) is 4.31. The fourth-order valence-electron chi connectivity index (χ4n) is 1.43. The summed E-state index contributed by atoms with van der Waals surface area (Å²) in [5.41, 5.74) is 2.41. The van der Waals surface area contributed by atoms with Crippen LogP contribution >= 0.6 is 0 Å². The molecular formula is C12H15N3. The zero-order chi connectivity index (χ0) is 10.5. The lowest BCUT2D eigenvalue weighted by molar-refractivity contribution is 0.843. The van der Waals surface area contributed by atoms with Crippen LogP contribution in [-0.4, -0.2) is 12.5 Å². The van der Waals surface area contributed by atoms with Crippen molar-refractivity contribution in [2.75, 3.05) is 6.54 Å². The second-order valence-corrected chi connectivity index (χ2v) is 3.54. The second kappa shape index (κ2) is 4.64. The summed E-state index contributed by atoms with van der Waals surface area (Å²) in [5.74, 6) is 0.860. The Kier molecular flexibility index (Phi) is 3.02. The SMILES string of the molecule is CC1=CCN=C(NCc2ccccc2)N1. The molecular weight excluding hydrogens is 186 g/mol. The molecule has 0 radical (unpaired) electrons. The molecule has 3 heteroatoms. The first-order chi connectivity index (χ1) is 7.34. The Hall–Kier alpha value is -1.77. The van der Waals surface area contributed by atoms with Gasteiger partial charge in [-0.3, -0.25) is 0 Å². The van der Waals surface area contributed by atoms with Crippen LogP contribution in [0.25, 0.3) is 0 Å². The van der Waals surface area contributed by atoms with Gasteiger partial charge in [0.2, 0.25) is 0 Å². The normalized spacial score (nSPS) is 15.0. The van der Waals surface area contributed by atoms with E-state index in [2.05, 4.69) is 33.8 Å². The number of guanidine groups is 1. The number of benzene rings is 1. The molecule has 2 N–H and O–H groups in total. The van der Waals surface area contributed by atoms with Crippen molar-refractivity contribution >= 4 is 5.96 Å². The Bertz CT molecular complexity index is 379. The topological polar surface area (TPSA) is 36.4 Å². The summed E-state index contributed by atoms with van der Waals surface area (Å²) in [6.07, 6.45) is 2.06. The van der Waals surface area contributed by atoms with Crippen molar-refractivity contribution in [3.05, 3.63) is 47.7 Å². The van der Waals surface area contributed by atoms with Crippen molar-refractivity contribution in [3.8, 4) is 0 Å². The average Bonchev–Trinajstić information content (AvgIpc) is 2.28. The van der Waals surface area contributed by atoms with E-state index < -0.39 is 0 Å². The maximum absolute atomic E-state index is 4.31. The average molecular weight is 201 g/mol. The van der Waals surface area contributed by atoms with Crippen LogP contribution in [0.5, 0.6) is 0 Å². The van der Waals surface area contributed by atoms with E-state index >= 15 is 0 Å². The lowest BCUT2D eigenvalue weighted by Crippen LogP contribution is -2.37. The molecule has 0 saturated carbocycles. The molecule has 1 aromatic carbocycles. The van der Waals surface area contributed by atoms with Gasteiger partial charge in [-0.25, -0.2) is 4.99 Å². The minimum absolute atomic E-state index is 0.760. The number of hydrogen-bond donors (Lipinski definition) is 2. The van der Waals surface area contributed by atoms with E-state index in [1.807, 2.05) is 25.1 Å². The summed E-state index contributed by atoms with van der Waals surface area (Å²) in [7, 11) is 0. The Morgan fingerprint density at radius 2 is 2.13 bits per heavy atom. The zero-order valence-corrected chi connectivity index (χ0v) is 8.83. The van der Waals surface area contributed by atoms with Gasteiger partial charge < -0.3 is 10.6 Å². The minimum Gasteiger partial charge on any atom is -0.352 e. The van der Waals surface area contributed by atoms with Gasteiger partial charge in [0.05, 0.1) is 6.54 Å². The minimum atomic E-state index is 0.760. The maximum Gasteiger partial charge on any atom is 0.196 e. The molecule has 1 aliphatic rings. The summed E-state index contributed by atoms with van der Waals surface area (Å²) in [6, 6.07) is 10.3. The van der Waals surface area contributed by atoms with Crippen molar-refractivity contribution in [1.82, 2.24) is 10.6 Å². The molecule has 0 bridgehead atoms. The van der Waals surface area contributed by atoms with Gasteiger partial charge in [0.1, 0.15) is 0 Å². The van der Waals surface area contributed by atoms with E-state index in [-0.39, 0.29) is 0 Å². The highest BCUT2D eigenvalue weighted by molar-refractivity contribution is 5.82. The standard InChI is InChI=1S/C12H15N3/c1-10-7-8-13-12(15-10)14-9-11-5-3-2-4-6-11/h2-7H,8-9H2,1H3,(H2,13,14,15). The van der Waals surface area contributed by atoms with Gasteiger partial charge in [0.15, 0.2) is 5.96 Å². The van der Waals surface area contributed by atoms with Crippen LogP contribution in [0.3, 0.4) is 0 Å². The van der Waals surface area contributed by atoms with E-state index in [0.717, 1.165) is 24.7 Å². The molecule has 0 atom stereocenters. The summed E-state index contributed by atoms with van der Waals surface area (Å²) < 4.78 is 0. The van der Waals surface area contributed by atoms with Crippen molar-refractivity contribution in [2.45, 2.75) is 13.5 Å². The number of rotatable bonds is 2. The summed E-state index contributed by atoms with van der Waals surface area (Å²) in [6.45, 7) is 3.61. The van der Waals surface area contributed by atoms with Crippen LogP contribution in [-0.2, 0) is 6.54 Å². The molecule has 1 aromatic rings. The predicted octanol–water partition coefficient (Wildman–Crippen LogP) is 1.64. The largest absolute Gasteiger partial charge is 0.352 e. The monoisotopic (exact) mass is 201 g/mol. The molecule has 0 aliphatic carbocycles. The van der Waals surface area contributed by atoms with Crippen LogP contribution in [0, 0.1) is 0 Å². The van der Waals surface area contributed by atoms with Crippen molar-refractivity contribution in [3.63, 3.8) is 0 Å². The van der Waals surface area contributed by atoms with Gasteiger partial charge in [-0.1, -0.05) is 30.3 Å². The molecule has 2 rings (SSSR count). The van der Waals surface area contributed by atoms with Gasteiger partial charge in [-0.15, -0.1) is 0 Å². The number of nitrogens with zero attached hydrogens (tertiary/aromatic N) is 1. The molecule has 0 fully saturated rings. The van der Waals surface area contributed by atoms with Gasteiger partial charge in [0.25, 0.3) is 0 Å². The quantitative estimate of drug-likeness (QED) is 0.763. The number of aliphatic imine (C=N–C) groups is 1. The summed E-state index contributed by atoms with van der Waals surface area (Å²) >= 11 is 0. The molecule has 0 amide bonds. The smallest absolute Gasteiger partial charge is 0.196 e. The predicted molar refractivity (Wildman–Crippen MR) is 62.5 cm³/mol. The Morgan fingerprint density at radius 3 is 2.87 bits per heavy atom. The Morgan fingerprint density at radius 1 is 1.33 bits per heavy atom. The molecule has 0 aromatic heterocycles. The summed E-state index contributed by atoms with van der Waals surface area (Å²) in [5, 5.41) is 6.45. The van der Waals surface area contributed by atoms with E-state index in [4.69, 9.17) is 0 Å². The highest BCUT2D eigenvalue weighted by atomic mass is 15.2. The lowest BCUT2D eigenvalue weighted by atomic mass is 10.2. The third-order valence-electron chi connectivity index (χ3n) is 2.27. The van der Waals surface area contributed by atoms with Gasteiger partial charge in [0, 0.05) is 12.2 Å². The highest BCUT2D eigenvalue weighted by Gasteiger charge is 2.02. The van der Waals surface area contributed by atoms with Crippen LogP contribution in [0.2, 0.25) is 0 Å². The fourth-order valence-corrected chi connectivity index (χ4v) is 1.43. The van der Waals surface area contributed by atoms with Crippen LogP contribution in [0.15, 0.2) is 47.1 Å². The number of allylic oxidation sites excluding steroid dienone is 1. The van der Waals surface area contributed by atoms with E-state index in [0.29, 0.717) is 0 Å². The van der Waals surface area contributed by atoms with E-state index in [9.17, 15) is 0 Å². The molecule has 15 heavy (non-hydrogen) atoms. The lowest BCUT2D eigenvalue weighted by Gasteiger charge is -2.15. The maximum atomic E-state index is 4.31. The van der Waals surface area contributed by atoms with Gasteiger partial charge in [-0.05, 0) is 18.6 Å². The second-order valence-electron chi connectivity index (χ2n) is 3.54. The molecule has 0 saturated heterocycles. The van der Waals surface area contributed by atoms with Crippen LogP contribution in [0.1, 0.15) is 12.5 Å². The Labute approximate surface area is 89.9 Å². The molecule has 3 nitrogen and oxygen atoms in total. The van der Waals surface area contributed by atoms with Crippen molar-refractivity contribution in [1.29, 1.82) is 0 Å². The molecule has 1 aliphatic heterocycles. The fraction of sp³-hybridized carbons (Fsp3) is 0.250. The third-order valence-corrected chi connectivity index (χ3v) is 2.27. The van der Waals surface area contributed by atoms with E-state index in [1.54, 1.807) is 0 Å². The number of hydrogen-bond acceptors (Lipinski definition) is 3. The first-order valence-electron chi connectivity index (χ1n) is 5.10. The zero-order valence-electron chi connectivity index (χ0n) is 8.83. The first kappa shape index (κ1) is 9.77. The van der Waals surface area contributed by atoms with Crippen LogP contribution in [0.4, 0.5) is 0 Å². The third kappa shape index (κ3) is 2.84. The van der Waals surface area contributed by atoms with Crippen molar-refractivity contribution < 1.29 is 0 Å². The van der Waals surface area contributed by atoms with Gasteiger partial charge >= 0.3 is 0 Å². The molecule has 78 valence electrons. The van der Waals surface area contributed by atoms with E-state index in [1.165, 1.54) is 5.56 Å². The molecule has 0 unspecified atom stereocenters. The highest BCUT2D eigenvalue weighted by Crippen LogP contribution is 1.98. The molecule has 0 spiro atoms. The Balaban J connectivity index is 1.87. The first-order valence-corrected chi connectivity index (χ1v) is 5.10.